The lowest BCUT2D eigenvalue weighted by atomic mass is 10.1. The predicted molar refractivity (Wildman–Crippen MR) is 96.9 cm³/mol. The molecule has 5 nitrogen and oxygen atoms in total. The number of nitrogens with zero attached hydrogens (tertiary/aromatic N) is 1. The number of hydrazine groups is 1. The lowest BCUT2D eigenvalue weighted by Gasteiger charge is -2.29. The SMILES string of the molecule is Cc1ccc(C2=CCC(=O)N(CC(=O)NCc3ccc(F)cc3)N2)cc1. The van der Waals surface area contributed by atoms with Crippen LogP contribution in [0.15, 0.2) is 54.6 Å². The molecule has 2 N–H and O–H groups in total. The molecule has 2 amide bonds. The molecule has 2 aromatic rings. The topological polar surface area (TPSA) is 61.4 Å². The van der Waals surface area contributed by atoms with Crippen molar-refractivity contribution >= 4 is 17.5 Å². The predicted octanol–water partition coefficient (Wildman–Crippen LogP) is 2.53. The Balaban J connectivity index is 1.57. The molecule has 26 heavy (non-hydrogen) atoms. The molecule has 2 aromatic carbocycles. The van der Waals surface area contributed by atoms with E-state index in [1.165, 1.54) is 17.1 Å². The second-order valence-corrected chi connectivity index (χ2v) is 6.18. The highest BCUT2D eigenvalue weighted by molar-refractivity contribution is 5.88. The molecule has 134 valence electrons. The maximum Gasteiger partial charge on any atom is 0.245 e. The van der Waals surface area contributed by atoms with Crippen LogP contribution < -0.4 is 10.7 Å². The molecule has 0 fully saturated rings. The molecule has 0 radical (unpaired) electrons. The lowest BCUT2D eigenvalue weighted by molar-refractivity contribution is -0.137. The number of amides is 2. The Hall–Kier alpha value is -3.15. The summed E-state index contributed by atoms with van der Waals surface area (Å²) < 4.78 is 12.9. The van der Waals surface area contributed by atoms with Crippen LogP contribution in [0.3, 0.4) is 0 Å². The Bertz CT molecular complexity index is 829. The van der Waals surface area contributed by atoms with Crippen LogP contribution in [-0.4, -0.2) is 23.4 Å². The van der Waals surface area contributed by atoms with Crippen LogP contribution in [0.25, 0.3) is 5.70 Å². The largest absolute Gasteiger partial charge is 0.350 e. The van der Waals surface area contributed by atoms with Crippen LogP contribution in [-0.2, 0) is 16.1 Å². The minimum absolute atomic E-state index is 0.0940. The van der Waals surface area contributed by atoms with Gasteiger partial charge in [-0.25, -0.2) is 9.40 Å². The van der Waals surface area contributed by atoms with E-state index in [0.717, 1.165) is 22.4 Å². The van der Waals surface area contributed by atoms with Crippen LogP contribution >= 0.6 is 0 Å². The zero-order valence-electron chi connectivity index (χ0n) is 14.5. The molecule has 0 saturated carbocycles. The minimum atomic E-state index is -0.321. The van der Waals surface area contributed by atoms with Gasteiger partial charge < -0.3 is 5.32 Å². The number of rotatable bonds is 5. The summed E-state index contributed by atoms with van der Waals surface area (Å²) in [5.74, 6) is -0.781. The summed E-state index contributed by atoms with van der Waals surface area (Å²) in [5.41, 5.74) is 6.71. The first-order chi connectivity index (χ1) is 12.5. The van der Waals surface area contributed by atoms with Crippen LogP contribution in [0, 0.1) is 12.7 Å². The number of hydrogen-bond donors (Lipinski definition) is 2. The Morgan fingerprint density at radius 2 is 1.85 bits per heavy atom. The van der Waals surface area contributed by atoms with Gasteiger partial charge in [0.05, 0.1) is 5.70 Å². The molecule has 6 heteroatoms. The standard InChI is InChI=1S/C20H20FN3O2/c1-14-2-6-16(7-3-14)18-10-11-20(26)24(23-18)13-19(25)22-12-15-4-8-17(21)9-5-15/h2-10,23H,11-13H2,1H3,(H,22,25). The maximum atomic E-state index is 12.9. The Morgan fingerprint density at radius 3 is 2.54 bits per heavy atom. The van der Waals surface area contributed by atoms with Gasteiger partial charge in [-0.1, -0.05) is 42.0 Å². The van der Waals surface area contributed by atoms with Gasteiger partial charge in [0.2, 0.25) is 11.8 Å². The minimum Gasteiger partial charge on any atom is -0.350 e. The average molecular weight is 353 g/mol. The summed E-state index contributed by atoms with van der Waals surface area (Å²) in [4.78, 5) is 24.2. The van der Waals surface area contributed by atoms with Crippen molar-refractivity contribution < 1.29 is 14.0 Å². The summed E-state index contributed by atoms with van der Waals surface area (Å²) in [6.45, 7) is 2.19. The van der Waals surface area contributed by atoms with Gasteiger partial charge in [0, 0.05) is 13.0 Å². The number of halogens is 1. The third kappa shape index (κ3) is 4.47. The van der Waals surface area contributed by atoms with E-state index in [2.05, 4.69) is 10.7 Å². The zero-order chi connectivity index (χ0) is 18.5. The molecule has 0 saturated heterocycles. The van der Waals surface area contributed by atoms with E-state index in [4.69, 9.17) is 0 Å². The van der Waals surface area contributed by atoms with E-state index in [1.807, 2.05) is 37.3 Å². The molecule has 1 heterocycles. The molecule has 0 atom stereocenters. The summed E-state index contributed by atoms with van der Waals surface area (Å²) >= 11 is 0. The molecule has 0 aliphatic carbocycles. The van der Waals surface area contributed by atoms with Crippen LogP contribution in [0.2, 0.25) is 0 Å². The van der Waals surface area contributed by atoms with Crippen molar-refractivity contribution in [3.63, 3.8) is 0 Å². The molecule has 0 unspecified atom stereocenters. The van der Waals surface area contributed by atoms with E-state index in [1.54, 1.807) is 12.1 Å². The third-order valence-electron chi connectivity index (χ3n) is 4.10. The fourth-order valence-electron chi connectivity index (χ4n) is 2.60. The summed E-state index contributed by atoms with van der Waals surface area (Å²) in [7, 11) is 0. The number of nitrogens with one attached hydrogen (secondary N) is 2. The zero-order valence-corrected chi connectivity index (χ0v) is 14.5. The van der Waals surface area contributed by atoms with Gasteiger partial charge in [-0.3, -0.25) is 15.0 Å². The normalized spacial score (nSPS) is 13.8. The first-order valence-electron chi connectivity index (χ1n) is 8.36. The first kappa shape index (κ1) is 17.7. The first-order valence-corrected chi connectivity index (χ1v) is 8.36. The van der Waals surface area contributed by atoms with Crippen molar-refractivity contribution in [1.82, 2.24) is 15.8 Å². The van der Waals surface area contributed by atoms with Crippen molar-refractivity contribution in [3.8, 4) is 0 Å². The second-order valence-electron chi connectivity index (χ2n) is 6.18. The molecular weight excluding hydrogens is 333 g/mol. The number of carbonyl (C=O) groups excluding carboxylic acids is 2. The van der Waals surface area contributed by atoms with Crippen molar-refractivity contribution in [2.75, 3.05) is 6.54 Å². The monoisotopic (exact) mass is 353 g/mol. The highest BCUT2D eigenvalue weighted by Crippen LogP contribution is 2.17. The number of carbonyl (C=O) groups is 2. The Labute approximate surface area is 151 Å². The van der Waals surface area contributed by atoms with Gasteiger partial charge in [-0.05, 0) is 36.3 Å². The molecular formula is C20H20FN3O2. The smallest absolute Gasteiger partial charge is 0.245 e. The van der Waals surface area contributed by atoms with E-state index in [9.17, 15) is 14.0 Å². The van der Waals surface area contributed by atoms with Gasteiger partial charge in [-0.2, -0.15) is 0 Å². The molecule has 1 aliphatic heterocycles. The third-order valence-corrected chi connectivity index (χ3v) is 4.10. The summed E-state index contributed by atoms with van der Waals surface area (Å²) in [6, 6.07) is 13.8. The Kier molecular flexibility index (Phi) is 5.31. The van der Waals surface area contributed by atoms with Gasteiger partial charge in [-0.15, -0.1) is 0 Å². The molecule has 0 spiro atoms. The second kappa shape index (κ2) is 7.82. The van der Waals surface area contributed by atoms with E-state index in [0.29, 0.717) is 0 Å². The molecule has 0 bridgehead atoms. The number of benzene rings is 2. The fraction of sp³-hybridized carbons (Fsp3) is 0.200. The van der Waals surface area contributed by atoms with E-state index < -0.39 is 0 Å². The number of aryl methyl sites for hydroxylation is 1. The Morgan fingerprint density at radius 1 is 1.15 bits per heavy atom. The van der Waals surface area contributed by atoms with E-state index >= 15 is 0 Å². The molecule has 1 aliphatic rings. The van der Waals surface area contributed by atoms with Crippen molar-refractivity contribution in [2.45, 2.75) is 19.9 Å². The van der Waals surface area contributed by atoms with Crippen LogP contribution in [0.5, 0.6) is 0 Å². The molecule has 3 rings (SSSR count). The van der Waals surface area contributed by atoms with Crippen molar-refractivity contribution in [2.24, 2.45) is 0 Å². The van der Waals surface area contributed by atoms with Gasteiger partial charge in [0.15, 0.2) is 0 Å². The molecule has 0 aromatic heterocycles. The van der Waals surface area contributed by atoms with Gasteiger partial charge in [0.25, 0.3) is 0 Å². The average Bonchev–Trinajstić information content (AvgIpc) is 2.64. The summed E-state index contributed by atoms with van der Waals surface area (Å²) in [6.07, 6.45) is 2.06. The van der Waals surface area contributed by atoms with Gasteiger partial charge in [0.1, 0.15) is 12.4 Å². The van der Waals surface area contributed by atoms with Crippen LogP contribution in [0.1, 0.15) is 23.1 Å². The van der Waals surface area contributed by atoms with Crippen molar-refractivity contribution in [3.05, 3.63) is 77.1 Å². The maximum absolute atomic E-state index is 12.9. The van der Waals surface area contributed by atoms with Crippen LogP contribution in [0.4, 0.5) is 4.39 Å². The fourth-order valence-corrected chi connectivity index (χ4v) is 2.60. The number of hydrogen-bond acceptors (Lipinski definition) is 3. The summed E-state index contributed by atoms with van der Waals surface area (Å²) in [5, 5.41) is 4.05. The lowest BCUT2D eigenvalue weighted by Crippen LogP contribution is -2.49. The highest BCUT2D eigenvalue weighted by atomic mass is 19.1. The van der Waals surface area contributed by atoms with E-state index in [-0.39, 0.29) is 37.1 Å². The van der Waals surface area contributed by atoms with Crippen molar-refractivity contribution in [1.29, 1.82) is 0 Å². The highest BCUT2D eigenvalue weighted by Gasteiger charge is 2.22. The quantitative estimate of drug-likeness (QED) is 0.868. The van der Waals surface area contributed by atoms with Gasteiger partial charge >= 0.3 is 0 Å².